The van der Waals surface area contributed by atoms with Crippen LogP contribution in [0, 0.1) is 0 Å². The van der Waals surface area contributed by atoms with E-state index in [4.69, 9.17) is 23.2 Å². The number of rotatable bonds is 1. The zero-order valence-corrected chi connectivity index (χ0v) is 8.79. The molecule has 1 aromatic rings. The molecule has 1 aliphatic rings. The monoisotopic (exact) mass is 242 g/mol. The Bertz CT molecular complexity index is 467. The number of pyridine rings is 1. The standard InChI is InChI=1S/C9H4Cl2N2O2/c10-6-2-1-5(9(11)12-6)13-7(14)3-4-8(13)15/h1-4H. The number of carbonyl (C=O) groups excluding carboxylic acids is 2. The predicted octanol–water partition coefficient (Wildman–Crippen LogP) is 1.82. The van der Waals surface area contributed by atoms with E-state index in [0.717, 1.165) is 4.90 Å². The molecule has 76 valence electrons. The van der Waals surface area contributed by atoms with Crippen LogP contribution in [0.2, 0.25) is 10.3 Å². The number of hydrogen-bond acceptors (Lipinski definition) is 3. The topological polar surface area (TPSA) is 50.3 Å². The van der Waals surface area contributed by atoms with Crippen molar-refractivity contribution in [2.24, 2.45) is 0 Å². The quantitative estimate of drug-likeness (QED) is 0.558. The fourth-order valence-electron chi connectivity index (χ4n) is 1.21. The van der Waals surface area contributed by atoms with Crippen molar-refractivity contribution in [2.75, 3.05) is 4.90 Å². The Morgan fingerprint density at radius 3 is 2.20 bits per heavy atom. The summed E-state index contributed by atoms with van der Waals surface area (Å²) in [5, 5.41) is 0.226. The van der Waals surface area contributed by atoms with Crippen LogP contribution in [0.4, 0.5) is 5.69 Å². The first kappa shape index (κ1) is 10.1. The Balaban J connectivity index is 2.46. The molecule has 0 unspecified atom stereocenters. The third-order valence-electron chi connectivity index (χ3n) is 1.85. The van der Waals surface area contributed by atoms with E-state index in [1.165, 1.54) is 24.3 Å². The maximum Gasteiger partial charge on any atom is 0.258 e. The Hall–Kier alpha value is -1.39. The van der Waals surface area contributed by atoms with Gasteiger partial charge in [-0.3, -0.25) is 9.59 Å². The highest BCUT2D eigenvalue weighted by molar-refractivity contribution is 6.37. The normalized spacial score (nSPS) is 15.2. The highest BCUT2D eigenvalue weighted by Crippen LogP contribution is 2.27. The molecule has 0 spiro atoms. The van der Waals surface area contributed by atoms with Gasteiger partial charge >= 0.3 is 0 Å². The van der Waals surface area contributed by atoms with E-state index in [1.807, 2.05) is 0 Å². The summed E-state index contributed by atoms with van der Waals surface area (Å²) in [4.78, 5) is 27.3. The number of imide groups is 1. The van der Waals surface area contributed by atoms with Crippen molar-refractivity contribution in [1.29, 1.82) is 0 Å². The maximum atomic E-state index is 11.3. The summed E-state index contributed by atoms with van der Waals surface area (Å²) in [7, 11) is 0. The van der Waals surface area contributed by atoms with Crippen LogP contribution in [0.3, 0.4) is 0 Å². The zero-order valence-electron chi connectivity index (χ0n) is 7.28. The van der Waals surface area contributed by atoms with Crippen LogP contribution in [-0.4, -0.2) is 16.8 Å². The zero-order chi connectivity index (χ0) is 11.0. The van der Waals surface area contributed by atoms with Crippen LogP contribution in [0.15, 0.2) is 24.3 Å². The van der Waals surface area contributed by atoms with E-state index in [-0.39, 0.29) is 16.0 Å². The lowest BCUT2D eigenvalue weighted by Gasteiger charge is -2.14. The van der Waals surface area contributed by atoms with Crippen LogP contribution in [0.1, 0.15) is 0 Å². The van der Waals surface area contributed by atoms with Gasteiger partial charge in [-0.1, -0.05) is 23.2 Å². The minimum atomic E-state index is -0.439. The SMILES string of the molecule is O=C1C=CC(=O)N1c1ccc(Cl)nc1Cl. The molecule has 0 atom stereocenters. The highest BCUT2D eigenvalue weighted by Gasteiger charge is 2.27. The van der Waals surface area contributed by atoms with Crippen molar-refractivity contribution in [3.63, 3.8) is 0 Å². The predicted molar refractivity (Wildman–Crippen MR) is 55.9 cm³/mol. The molecule has 2 amide bonds. The summed E-state index contributed by atoms with van der Waals surface area (Å²) in [5.41, 5.74) is 0.237. The van der Waals surface area contributed by atoms with Gasteiger partial charge in [-0.25, -0.2) is 9.88 Å². The van der Waals surface area contributed by atoms with E-state index >= 15 is 0 Å². The third kappa shape index (κ3) is 1.73. The number of nitrogens with zero attached hydrogens (tertiary/aromatic N) is 2. The lowest BCUT2D eigenvalue weighted by molar-refractivity contribution is -0.119. The van der Waals surface area contributed by atoms with Gasteiger partial charge < -0.3 is 0 Å². The van der Waals surface area contributed by atoms with Gasteiger partial charge in [-0.15, -0.1) is 0 Å². The summed E-state index contributed by atoms with van der Waals surface area (Å²) in [6, 6.07) is 2.93. The first-order chi connectivity index (χ1) is 7.09. The van der Waals surface area contributed by atoms with Crippen LogP contribution >= 0.6 is 23.2 Å². The maximum absolute atomic E-state index is 11.3. The summed E-state index contributed by atoms with van der Waals surface area (Å²) in [6.45, 7) is 0. The van der Waals surface area contributed by atoms with Crippen molar-refractivity contribution < 1.29 is 9.59 Å². The lowest BCUT2D eigenvalue weighted by atomic mass is 10.4. The molecular weight excluding hydrogens is 239 g/mol. The number of amides is 2. The number of aromatic nitrogens is 1. The summed E-state index contributed by atoms with van der Waals surface area (Å²) in [5.74, 6) is -0.878. The number of halogens is 2. The second-order valence-corrected chi connectivity index (χ2v) is 3.53. The van der Waals surface area contributed by atoms with E-state index < -0.39 is 11.8 Å². The molecule has 0 aromatic carbocycles. The van der Waals surface area contributed by atoms with Gasteiger partial charge in [0, 0.05) is 12.2 Å². The molecule has 0 fully saturated rings. The van der Waals surface area contributed by atoms with Crippen molar-refractivity contribution in [3.8, 4) is 0 Å². The van der Waals surface area contributed by atoms with Crippen molar-refractivity contribution in [1.82, 2.24) is 4.98 Å². The Morgan fingerprint density at radius 1 is 1.07 bits per heavy atom. The van der Waals surface area contributed by atoms with Gasteiger partial charge in [-0.05, 0) is 12.1 Å². The lowest BCUT2D eigenvalue weighted by Crippen LogP contribution is -2.29. The van der Waals surface area contributed by atoms with Gasteiger partial charge in [-0.2, -0.15) is 0 Å². The second-order valence-electron chi connectivity index (χ2n) is 2.79. The number of hydrogen-bond donors (Lipinski definition) is 0. The van der Waals surface area contributed by atoms with Gasteiger partial charge in [0.15, 0.2) is 5.15 Å². The molecule has 0 saturated carbocycles. The van der Waals surface area contributed by atoms with E-state index in [2.05, 4.69) is 4.98 Å². The first-order valence-corrected chi connectivity index (χ1v) is 4.73. The van der Waals surface area contributed by atoms with Crippen LogP contribution in [-0.2, 0) is 9.59 Å². The molecule has 1 aliphatic heterocycles. The third-order valence-corrected chi connectivity index (χ3v) is 2.33. The fourth-order valence-corrected chi connectivity index (χ4v) is 1.64. The molecule has 6 heteroatoms. The van der Waals surface area contributed by atoms with E-state index in [0.29, 0.717) is 0 Å². The molecule has 15 heavy (non-hydrogen) atoms. The average Bonchev–Trinajstić information content (AvgIpc) is 2.48. The van der Waals surface area contributed by atoms with Gasteiger partial charge in [0.25, 0.3) is 11.8 Å². The van der Waals surface area contributed by atoms with Crippen molar-refractivity contribution >= 4 is 40.7 Å². The number of anilines is 1. The molecule has 4 nitrogen and oxygen atoms in total. The summed E-state index contributed by atoms with van der Waals surface area (Å²) in [6.07, 6.45) is 2.35. The van der Waals surface area contributed by atoms with Crippen LogP contribution in [0.25, 0.3) is 0 Å². The molecule has 0 radical (unpaired) electrons. The van der Waals surface area contributed by atoms with Crippen LogP contribution < -0.4 is 4.90 Å². The molecule has 0 saturated heterocycles. The summed E-state index contributed by atoms with van der Waals surface area (Å²) >= 11 is 11.4. The molecular formula is C9H4Cl2N2O2. The molecule has 2 heterocycles. The fraction of sp³-hybridized carbons (Fsp3) is 0. The van der Waals surface area contributed by atoms with E-state index in [9.17, 15) is 9.59 Å². The smallest absolute Gasteiger partial charge is 0.258 e. The average molecular weight is 243 g/mol. The Labute approximate surface area is 95.1 Å². The summed E-state index contributed by atoms with van der Waals surface area (Å²) < 4.78 is 0. The van der Waals surface area contributed by atoms with Crippen LogP contribution in [0.5, 0.6) is 0 Å². The Kier molecular flexibility index (Phi) is 2.46. The molecule has 2 rings (SSSR count). The first-order valence-electron chi connectivity index (χ1n) is 3.98. The molecule has 1 aromatic heterocycles. The second kappa shape index (κ2) is 3.64. The van der Waals surface area contributed by atoms with Gasteiger partial charge in [0.1, 0.15) is 5.15 Å². The van der Waals surface area contributed by atoms with Gasteiger partial charge in [0.05, 0.1) is 5.69 Å². The highest BCUT2D eigenvalue weighted by atomic mass is 35.5. The minimum Gasteiger partial charge on any atom is -0.269 e. The minimum absolute atomic E-state index is 0.0212. The number of carbonyl (C=O) groups is 2. The largest absolute Gasteiger partial charge is 0.269 e. The van der Waals surface area contributed by atoms with E-state index in [1.54, 1.807) is 0 Å². The van der Waals surface area contributed by atoms with Crippen molar-refractivity contribution in [2.45, 2.75) is 0 Å². The van der Waals surface area contributed by atoms with Gasteiger partial charge in [0.2, 0.25) is 0 Å². The molecule has 0 N–H and O–H groups in total. The molecule has 0 aliphatic carbocycles. The molecule has 0 bridgehead atoms. The van der Waals surface area contributed by atoms with Crippen molar-refractivity contribution in [3.05, 3.63) is 34.6 Å². The Morgan fingerprint density at radius 2 is 1.67 bits per heavy atom.